The number of rotatable bonds is 5. The molecule has 0 radical (unpaired) electrons. The van der Waals surface area contributed by atoms with Crippen LogP contribution in [-0.2, 0) is 6.18 Å². The summed E-state index contributed by atoms with van der Waals surface area (Å²) in [5.41, 5.74) is 0.614. The quantitative estimate of drug-likeness (QED) is 0.424. The first kappa shape index (κ1) is 25.9. The second-order valence-electron chi connectivity index (χ2n) is 8.98. The summed E-state index contributed by atoms with van der Waals surface area (Å²) in [6.07, 6.45) is -2.64. The summed E-state index contributed by atoms with van der Waals surface area (Å²) in [6, 6.07) is 4.99. The summed E-state index contributed by atoms with van der Waals surface area (Å²) in [6.45, 7) is 4.46. The number of nitrogens with one attached hydrogen (secondary N) is 1. The molecule has 1 amide bonds. The molecule has 36 heavy (non-hydrogen) atoms. The van der Waals surface area contributed by atoms with Crippen LogP contribution in [-0.4, -0.2) is 50.8 Å². The van der Waals surface area contributed by atoms with Crippen molar-refractivity contribution in [2.45, 2.75) is 45.3 Å². The Balaban J connectivity index is 1.61. The van der Waals surface area contributed by atoms with Crippen molar-refractivity contribution in [3.05, 3.63) is 58.5 Å². The van der Waals surface area contributed by atoms with Crippen LogP contribution in [0.3, 0.4) is 0 Å². The molecule has 1 fully saturated rings. The number of anilines is 1. The average Bonchev–Trinajstić information content (AvgIpc) is 3.18. The SMILES string of the molecule is Cc1ccnc(-c2sc(C)nc2C(=O)N2CC(F)(F)CC(C)C2CNc2ccc(C(F)(F)F)cn2)c1. The second-order valence-corrected chi connectivity index (χ2v) is 10.2. The average molecular weight is 526 g/mol. The number of nitrogens with zero attached hydrogens (tertiary/aromatic N) is 4. The lowest BCUT2D eigenvalue weighted by Gasteiger charge is -2.43. The minimum atomic E-state index is -4.52. The molecule has 2 atom stereocenters. The zero-order valence-electron chi connectivity index (χ0n) is 19.7. The van der Waals surface area contributed by atoms with Gasteiger partial charge in [-0.15, -0.1) is 11.3 Å². The number of hydrogen-bond acceptors (Lipinski definition) is 6. The predicted molar refractivity (Wildman–Crippen MR) is 126 cm³/mol. The number of carbonyl (C=O) groups excluding carboxylic acids is 1. The number of halogens is 5. The summed E-state index contributed by atoms with van der Waals surface area (Å²) in [5.74, 6) is -4.18. The van der Waals surface area contributed by atoms with Crippen molar-refractivity contribution in [1.29, 1.82) is 0 Å². The largest absolute Gasteiger partial charge is 0.417 e. The molecule has 1 saturated heterocycles. The topological polar surface area (TPSA) is 71.0 Å². The number of aromatic nitrogens is 3. The number of piperidine rings is 1. The van der Waals surface area contributed by atoms with Gasteiger partial charge in [-0.2, -0.15) is 13.2 Å². The molecule has 0 aromatic carbocycles. The van der Waals surface area contributed by atoms with Gasteiger partial charge in [-0.25, -0.2) is 18.7 Å². The fourth-order valence-electron chi connectivity index (χ4n) is 4.30. The number of thiazole rings is 1. The van der Waals surface area contributed by atoms with Crippen LogP contribution in [0, 0.1) is 19.8 Å². The number of carbonyl (C=O) groups is 1. The third kappa shape index (κ3) is 5.63. The summed E-state index contributed by atoms with van der Waals surface area (Å²) in [5, 5.41) is 3.49. The number of alkyl halides is 5. The lowest BCUT2D eigenvalue weighted by atomic mass is 9.88. The van der Waals surface area contributed by atoms with Crippen molar-refractivity contribution in [1.82, 2.24) is 19.9 Å². The Kier molecular flexibility index (Phi) is 7.00. The molecule has 192 valence electrons. The molecular formula is C24H24F5N5OS. The minimum absolute atomic E-state index is 0.0303. The molecule has 3 aromatic rings. The smallest absolute Gasteiger partial charge is 0.368 e. The maximum absolute atomic E-state index is 14.6. The van der Waals surface area contributed by atoms with E-state index in [0.29, 0.717) is 21.8 Å². The van der Waals surface area contributed by atoms with Gasteiger partial charge in [0.2, 0.25) is 0 Å². The van der Waals surface area contributed by atoms with Crippen LogP contribution < -0.4 is 5.32 Å². The molecular weight excluding hydrogens is 501 g/mol. The van der Waals surface area contributed by atoms with Crippen molar-refractivity contribution < 1.29 is 26.7 Å². The summed E-state index contributed by atoms with van der Waals surface area (Å²) < 4.78 is 67.6. The highest BCUT2D eigenvalue weighted by Crippen LogP contribution is 2.37. The Labute approximate surface area is 208 Å². The van der Waals surface area contributed by atoms with E-state index < -0.39 is 48.5 Å². The first-order valence-electron chi connectivity index (χ1n) is 11.2. The first-order valence-corrected chi connectivity index (χ1v) is 12.0. The first-order chi connectivity index (χ1) is 16.8. The zero-order chi connectivity index (χ0) is 26.3. The molecule has 1 aliphatic heterocycles. The summed E-state index contributed by atoms with van der Waals surface area (Å²) >= 11 is 1.26. The standard InChI is InChI=1S/C24H24F5N5OS/c1-13-6-7-30-17(8-13)21-20(33-15(3)36-21)22(35)34-12-23(25,26)9-14(2)18(34)11-32-19-5-4-16(10-31-19)24(27,28)29/h4-8,10,14,18H,9,11-12H2,1-3H3,(H,31,32). The molecule has 4 heterocycles. The second kappa shape index (κ2) is 9.72. The highest BCUT2D eigenvalue weighted by atomic mass is 32.1. The minimum Gasteiger partial charge on any atom is -0.368 e. The molecule has 12 heteroatoms. The van der Waals surface area contributed by atoms with E-state index in [4.69, 9.17) is 0 Å². The summed E-state index contributed by atoms with van der Waals surface area (Å²) in [4.78, 5) is 27.7. The predicted octanol–water partition coefficient (Wildman–Crippen LogP) is 5.83. The van der Waals surface area contributed by atoms with E-state index >= 15 is 0 Å². The lowest BCUT2D eigenvalue weighted by molar-refractivity contribution is -0.137. The van der Waals surface area contributed by atoms with E-state index in [9.17, 15) is 26.7 Å². The van der Waals surface area contributed by atoms with Crippen LogP contribution in [0.1, 0.15) is 40.0 Å². The Morgan fingerprint density at radius 2 is 1.97 bits per heavy atom. The Morgan fingerprint density at radius 1 is 1.22 bits per heavy atom. The molecule has 0 saturated carbocycles. The monoisotopic (exact) mass is 525 g/mol. The van der Waals surface area contributed by atoms with Crippen molar-refractivity contribution >= 4 is 23.1 Å². The van der Waals surface area contributed by atoms with Gasteiger partial charge in [0.15, 0.2) is 0 Å². The van der Waals surface area contributed by atoms with Crippen LogP contribution in [0.25, 0.3) is 10.6 Å². The van der Waals surface area contributed by atoms with E-state index in [2.05, 4.69) is 20.3 Å². The van der Waals surface area contributed by atoms with Gasteiger partial charge in [-0.1, -0.05) is 6.92 Å². The number of amides is 1. The van der Waals surface area contributed by atoms with Crippen LogP contribution in [0.2, 0.25) is 0 Å². The van der Waals surface area contributed by atoms with Gasteiger partial charge < -0.3 is 10.2 Å². The molecule has 1 aliphatic rings. The zero-order valence-corrected chi connectivity index (χ0v) is 20.6. The van der Waals surface area contributed by atoms with Crippen LogP contribution in [0.15, 0.2) is 36.7 Å². The van der Waals surface area contributed by atoms with Gasteiger partial charge in [0.25, 0.3) is 11.8 Å². The van der Waals surface area contributed by atoms with E-state index in [-0.39, 0.29) is 18.1 Å². The molecule has 2 unspecified atom stereocenters. The van der Waals surface area contributed by atoms with E-state index in [0.717, 1.165) is 16.5 Å². The summed E-state index contributed by atoms with van der Waals surface area (Å²) in [7, 11) is 0. The van der Waals surface area contributed by atoms with E-state index in [1.165, 1.54) is 17.4 Å². The fraction of sp³-hybridized carbons (Fsp3) is 0.417. The van der Waals surface area contributed by atoms with E-state index in [1.54, 1.807) is 26.1 Å². The number of aryl methyl sites for hydroxylation is 2. The molecule has 0 bridgehead atoms. The van der Waals surface area contributed by atoms with Gasteiger partial charge in [-0.05, 0) is 49.6 Å². The molecule has 4 rings (SSSR count). The van der Waals surface area contributed by atoms with Gasteiger partial charge >= 0.3 is 6.18 Å². The Bertz CT molecular complexity index is 1240. The maximum Gasteiger partial charge on any atom is 0.417 e. The van der Waals surface area contributed by atoms with Gasteiger partial charge in [0, 0.05) is 25.4 Å². The van der Waals surface area contributed by atoms with Crippen molar-refractivity contribution in [2.75, 3.05) is 18.4 Å². The Hall–Kier alpha value is -3.15. The fourth-order valence-corrected chi connectivity index (χ4v) is 5.17. The molecule has 1 N–H and O–H groups in total. The lowest BCUT2D eigenvalue weighted by Crippen LogP contribution is -2.57. The van der Waals surface area contributed by atoms with Crippen LogP contribution in [0.5, 0.6) is 0 Å². The number of pyridine rings is 2. The highest BCUT2D eigenvalue weighted by Gasteiger charge is 2.47. The normalized spacial score (nSPS) is 19.8. The van der Waals surface area contributed by atoms with Gasteiger partial charge in [0.05, 0.1) is 33.7 Å². The van der Waals surface area contributed by atoms with Crippen molar-refractivity contribution in [2.24, 2.45) is 5.92 Å². The number of likely N-dealkylation sites (tertiary alicyclic amines) is 1. The van der Waals surface area contributed by atoms with E-state index in [1.807, 2.05) is 13.0 Å². The molecule has 0 spiro atoms. The highest BCUT2D eigenvalue weighted by molar-refractivity contribution is 7.15. The Morgan fingerprint density at radius 3 is 2.61 bits per heavy atom. The van der Waals surface area contributed by atoms with Crippen molar-refractivity contribution in [3.63, 3.8) is 0 Å². The third-order valence-corrected chi connectivity index (χ3v) is 7.00. The third-order valence-electron chi connectivity index (χ3n) is 6.01. The van der Waals surface area contributed by atoms with Crippen molar-refractivity contribution in [3.8, 4) is 10.6 Å². The molecule has 0 aliphatic carbocycles. The molecule has 3 aromatic heterocycles. The van der Waals surface area contributed by atoms with Gasteiger partial charge in [-0.3, -0.25) is 9.78 Å². The maximum atomic E-state index is 14.6. The van der Waals surface area contributed by atoms with Crippen LogP contribution in [0.4, 0.5) is 27.8 Å². The van der Waals surface area contributed by atoms with Crippen LogP contribution >= 0.6 is 11.3 Å². The molecule has 6 nitrogen and oxygen atoms in total. The number of hydrogen-bond donors (Lipinski definition) is 1. The van der Waals surface area contributed by atoms with Gasteiger partial charge in [0.1, 0.15) is 11.5 Å².